The van der Waals surface area contributed by atoms with Crippen LogP contribution < -0.4 is 15.0 Å². The molecule has 0 atom stereocenters. The number of fused-ring (bicyclic) bond motifs is 1. The molecule has 4 rings (SSSR count). The van der Waals surface area contributed by atoms with E-state index in [4.69, 9.17) is 4.74 Å². The maximum atomic E-state index is 13.0. The number of amides is 2. The minimum Gasteiger partial charge on any atom is -0.489 e. The minimum atomic E-state index is -0.0830. The van der Waals surface area contributed by atoms with E-state index in [0.29, 0.717) is 6.61 Å². The molecule has 29 heavy (non-hydrogen) atoms. The van der Waals surface area contributed by atoms with Crippen LogP contribution in [0.5, 0.6) is 5.75 Å². The van der Waals surface area contributed by atoms with E-state index in [-0.39, 0.29) is 6.03 Å². The Morgan fingerprint density at radius 2 is 1.76 bits per heavy atom. The normalized spacial score (nSPS) is 13.3. The summed E-state index contributed by atoms with van der Waals surface area (Å²) in [5.74, 6) is 0.780. The monoisotopic (exact) mass is 386 g/mol. The molecule has 1 aliphatic rings. The summed E-state index contributed by atoms with van der Waals surface area (Å²) >= 11 is 0. The average Bonchev–Trinajstić information content (AvgIpc) is 2.98. The van der Waals surface area contributed by atoms with Crippen molar-refractivity contribution in [3.63, 3.8) is 0 Å². The molecule has 0 saturated carbocycles. The molecule has 4 heteroatoms. The second kappa shape index (κ2) is 8.82. The lowest BCUT2D eigenvalue weighted by Gasteiger charge is -2.25. The summed E-state index contributed by atoms with van der Waals surface area (Å²) in [6, 6.07) is 23.8. The summed E-state index contributed by atoms with van der Waals surface area (Å²) in [7, 11) is 0. The maximum Gasteiger partial charge on any atom is 0.326 e. The third kappa shape index (κ3) is 4.60. The summed E-state index contributed by atoms with van der Waals surface area (Å²) < 4.78 is 5.82. The van der Waals surface area contributed by atoms with Crippen LogP contribution in [0.2, 0.25) is 0 Å². The van der Waals surface area contributed by atoms with Crippen LogP contribution >= 0.6 is 0 Å². The highest BCUT2D eigenvalue weighted by Crippen LogP contribution is 2.30. The zero-order valence-electron chi connectivity index (χ0n) is 16.7. The van der Waals surface area contributed by atoms with Crippen LogP contribution in [0.1, 0.15) is 29.5 Å². The standard InChI is InChI=1S/C25H26N2O2/c1-19-8-7-12-21-11-5-6-17-27(24(19)21)25(28)26-22-13-15-23(16-14-22)29-18-20-9-3-2-4-10-20/h2-4,7-10,12-16H,5-6,11,17-18H2,1H3,(H,26,28). The average molecular weight is 386 g/mol. The van der Waals surface area contributed by atoms with Gasteiger partial charge in [0.1, 0.15) is 12.4 Å². The van der Waals surface area contributed by atoms with Crippen LogP contribution in [-0.2, 0) is 13.0 Å². The Morgan fingerprint density at radius 1 is 0.966 bits per heavy atom. The highest BCUT2D eigenvalue weighted by molar-refractivity contribution is 6.02. The Kier molecular flexibility index (Phi) is 5.80. The predicted octanol–water partition coefficient (Wildman–Crippen LogP) is 5.95. The number of hydrogen-bond acceptors (Lipinski definition) is 2. The molecule has 0 aromatic heterocycles. The Morgan fingerprint density at radius 3 is 2.55 bits per heavy atom. The minimum absolute atomic E-state index is 0.0830. The van der Waals surface area contributed by atoms with Crippen LogP contribution in [0.25, 0.3) is 0 Å². The molecule has 0 radical (unpaired) electrons. The van der Waals surface area contributed by atoms with E-state index < -0.39 is 0 Å². The van der Waals surface area contributed by atoms with Crippen molar-refractivity contribution in [1.82, 2.24) is 0 Å². The van der Waals surface area contributed by atoms with Gasteiger partial charge < -0.3 is 10.1 Å². The van der Waals surface area contributed by atoms with Gasteiger partial charge in [-0.15, -0.1) is 0 Å². The molecule has 3 aromatic rings. The first kappa shape index (κ1) is 19.1. The number of urea groups is 1. The molecule has 2 amide bonds. The Labute approximate surface area is 172 Å². The number of aryl methyl sites for hydroxylation is 2. The zero-order chi connectivity index (χ0) is 20.1. The molecule has 0 aliphatic carbocycles. The van der Waals surface area contributed by atoms with Gasteiger partial charge in [-0.2, -0.15) is 0 Å². The smallest absolute Gasteiger partial charge is 0.326 e. The van der Waals surface area contributed by atoms with Gasteiger partial charge in [0, 0.05) is 12.2 Å². The van der Waals surface area contributed by atoms with Gasteiger partial charge in [-0.3, -0.25) is 4.90 Å². The summed E-state index contributed by atoms with van der Waals surface area (Å²) in [6.07, 6.45) is 3.13. The summed E-state index contributed by atoms with van der Waals surface area (Å²) in [6.45, 7) is 3.33. The fourth-order valence-electron chi connectivity index (χ4n) is 3.77. The van der Waals surface area contributed by atoms with Gasteiger partial charge in [-0.25, -0.2) is 4.79 Å². The van der Waals surface area contributed by atoms with Crippen molar-refractivity contribution in [3.8, 4) is 5.75 Å². The SMILES string of the molecule is Cc1cccc2c1N(C(=O)Nc1ccc(OCc3ccccc3)cc1)CCCC2. The number of rotatable bonds is 4. The molecule has 3 aromatic carbocycles. The van der Waals surface area contributed by atoms with Crippen molar-refractivity contribution in [1.29, 1.82) is 0 Å². The second-order valence-electron chi connectivity index (χ2n) is 7.42. The lowest BCUT2D eigenvalue weighted by atomic mass is 10.0. The van der Waals surface area contributed by atoms with Gasteiger partial charge in [0.25, 0.3) is 0 Å². The summed E-state index contributed by atoms with van der Waals surface area (Å²) in [4.78, 5) is 14.9. The van der Waals surface area contributed by atoms with Gasteiger partial charge in [0.2, 0.25) is 0 Å². The molecule has 0 spiro atoms. The number of ether oxygens (including phenoxy) is 1. The predicted molar refractivity (Wildman–Crippen MR) is 118 cm³/mol. The number of nitrogens with zero attached hydrogens (tertiary/aromatic N) is 1. The third-order valence-electron chi connectivity index (χ3n) is 5.27. The third-order valence-corrected chi connectivity index (χ3v) is 5.27. The molecule has 148 valence electrons. The molecule has 0 unspecified atom stereocenters. The molecular weight excluding hydrogens is 360 g/mol. The van der Waals surface area contributed by atoms with Crippen molar-refractivity contribution >= 4 is 17.4 Å². The fraction of sp³-hybridized carbons (Fsp3) is 0.240. The summed E-state index contributed by atoms with van der Waals surface area (Å²) in [5, 5.41) is 3.04. The number of benzene rings is 3. The summed E-state index contributed by atoms with van der Waals surface area (Å²) in [5.41, 5.74) is 5.35. The van der Waals surface area contributed by atoms with Crippen LogP contribution in [0.3, 0.4) is 0 Å². The van der Waals surface area contributed by atoms with Crippen molar-refractivity contribution in [2.45, 2.75) is 32.8 Å². The van der Waals surface area contributed by atoms with E-state index >= 15 is 0 Å². The molecular formula is C25H26N2O2. The van der Waals surface area contributed by atoms with E-state index in [1.54, 1.807) is 0 Å². The van der Waals surface area contributed by atoms with Crippen LogP contribution in [0.4, 0.5) is 16.2 Å². The van der Waals surface area contributed by atoms with E-state index in [0.717, 1.165) is 54.1 Å². The maximum absolute atomic E-state index is 13.0. The van der Waals surface area contributed by atoms with Gasteiger partial charge in [0.15, 0.2) is 0 Å². The first-order valence-electron chi connectivity index (χ1n) is 10.1. The van der Waals surface area contributed by atoms with Gasteiger partial charge in [-0.05, 0) is 67.1 Å². The molecule has 0 fully saturated rings. The van der Waals surface area contributed by atoms with E-state index in [9.17, 15) is 4.79 Å². The number of para-hydroxylation sites is 1. The quantitative estimate of drug-likeness (QED) is 0.602. The first-order chi connectivity index (χ1) is 14.2. The molecule has 1 heterocycles. The molecule has 0 saturated heterocycles. The highest BCUT2D eigenvalue weighted by Gasteiger charge is 2.22. The Bertz CT molecular complexity index is 968. The van der Waals surface area contributed by atoms with Crippen molar-refractivity contribution in [2.75, 3.05) is 16.8 Å². The van der Waals surface area contributed by atoms with Crippen LogP contribution in [0.15, 0.2) is 72.8 Å². The molecule has 0 bridgehead atoms. The second-order valence-corrected chi connectivity index (χ2v) is 7.42. The van der Waals surface area contributed by atoms with Crippen molar-refractivity contribution in [3.05, 3.63) is 89.5 Å². The van der Waals surface area contributed by atoms with Gasteiger partial charge in [0.05, 0.1) is 5.69 Å². The van der Waals surface area contributed by atoms with Gasteiger partial charge in [-0.1, -0.05) is 48.5 Å². The zero-order valence-corrected chi connectivity index (χ0v) is 16.7. The largest absolute Gasteiger partial charge is 0.489 e. The Balaban J connectivity index is 1.42. The lowest BCUT2D eigenvalue weighted by molar-refractivity contribution is 0.257. The van der Waals surface area contributed by atoms with Crippen LogP contribution in [0, 0.1) is 6.92 Å². The van der Waals surface area contributed by atoms with Crippen molar-refractivity contribution < 1.29 is 9.53 Å². The number of hydrogen-bond donors (Lipinski definition) is 1. The van der Waals surface area contributed by atoms with E-state index in [1.807, 2.05) is 59.5 Å². The number of anilines is 2. The van der Waals surface area contributed by atoms with Gasteiger partial charge >= 0.3 is 6.03 Å². The van der Waals surface area contributed by atoms with Crippen LogP contribution in [-0.4, -0.2) is 12.6 Å². The number of nitrogens with one attached hydrogen (secondary N) is 1. The molecule has 1 N–H and O–H groups in total. The number of carbonyl (C=O) groups is 1. The number of carbonyl (C=O) groups excluding carboxylic acids is 1. The highest BCUT2D eigenvalue weighted by atomic mass is 16.5. The topological polar surface area (TPSA) is 41.6 Å². The van der Waals surface area contributed by atoms with Crippen molar-refractivity contribution in [2.24, 2.45) is 0 Å². The first-order valence-corrected chi connectivity index (χ1v) is 10.1. The fourth-order valence-corrected chi connectivity index (χ4v) is 3.77. The molecule has 4 nitrogen and oxygen atoms in total. The lowest BCUT2D eigenvalue weighted by Crippen LogP contribution is -2.36. The van der Waals surface area contributed by atoms with E-state index in [1.165, 1.54) is 5.56 Å². The van der Waals surface area contributed by atoms with E-state index in [2.05, 4.69) is 30.4 Å². The Hall–Kier alpha value is -3.27. The molecule has 1 aliphatic heterocycles.